The van der Waals surface area contributed by atoms with Crippen molar-refractivity contribution in [2.75, 3.05) is 19.6 Å². The van der Waals surface area contributed by atoms with Gasteiger partial charge in [-0.1, -0.05) is 18.2 Å². The number of benzene rings is 1. The normalized spacial score (nSPS) is 15.5. The lowest BCUT2D eigenvalue weighted by molar-refractivity contribution is 0.0937. The minimum Gasteiger partial charge on any atom is -0.350 e. The summed E-state index contributed by atoms with van der Waals surface area (Å²) in [7, 11) is 0. The van der Waals surface area contributed by atoms with E-state index in [9.17, 15) is 4.79 Å². The highest BCUT2D eigenvalue weighted by molar-refractivity contribution is 5.94. The number of carbonyl (C=O) groups is 1. The van der Waals surface area contributed by atoms with Gasteiger partial charge in [-0.3, -0.25) is 14.7 Å². The van der Waals surface area contributed by atoms with Gasteiger partial charge < -0.3 is 5.32 Å². The average molecular weight is 334 g/mol. The van der Waals surface area contributed by atoms with Crippen molar-refractivity contribution in [2.24, 2.45) is 0 Å². The zero-order valence-electron chi connectivity index (χ0n) is 14.2. The Bertz CT molecular complexity index is 748. The number of nitriles is 1. The Hall–Kier alpha value is -2.71. The zero-order chi connectivity index (χ0) is 17.5. The topological polar surface area (TPSA) is 69.0 Å². The van der Waals surface area contributed by atoms with Gasteiger partial charge in [0.25, 0.3) is 5.91 Å². The van der Waals surface area contributed by atoms with E-state index in [1.165, 1.54) is 12.8 Å². The van der Waals surface area contributed by atoms with Crippen molar-refractivity contribution < 1.29 is 4.79 Å². The number of aromatic nitrogens is 1. The molecule has 1 N–H and O–H groups in total. The Morgan fingerprint density at radius 3 is 2.84 bits per heavy atom. The number of rotatable bonds is 6. The summed E-state index contributed by atoms with van der Waals surface area (Å²) in [5.74, 6) is -0.104. The van der Waals surface area contributed by atoms with Crippen LogP contribution in [-0.2, 0) is 6.42 Å². The van der Waals surface area contributed by atoms with Crippen molar-refractivity contribution in [3.63, 3.8) is 0 Å². The van der Waals surface area contributed by atoms with Crippen LogP contribution in [-0.4, -0.2) is 35.4 Å². The van der Waals surface area contributed by atoms with Crippen LogP contribution in [0.4, 0.5) is 0 Å². The lowest BCUT2D eigenvalue weighted by atomic mass is 10.1. The molecule has 0 spiro atoms. The van der Waals surface area contributed by atoms with E-state index >= 15 is 0 Å². The first-order valence-corrected chi connectivity index (χ1v) is 8.66. The number of carbonyl (C=O) groups excluding carboxylic acids is 1. The highest BCUT2D eigenvalue weighted by atomic mass is 16.1. The number of hydrogen-bond acceptors (Lipinski definition) is 4. The molecule has 2 heterocycles. The zero-order valence-corrected chi connectivity index (χ0v) is 14.2. The van der Waals surface area contributed by atoms with E-state index in [4.69, 9.17) is 5.26 Å². The van der Waals surface area contributed by atoms with Gasteiger partial charge in [0, 0.05) is 24.5 Å². The van der Waals surface area contributed by atoms with Crippen LogP contribution in [0.25, 0.3) is 0 Å². The van der Waals surface area contributed by atoms with Crippen LogP contribution in [0.3, 0.4) is 0 Å². The van der Waals surface area contributed by atoms with Gasteiger partial charge in [-0.25, -0.2) is 0 Å². The first-order chi connectivity index (χ1) is 12.3. The summed E-state index contributed by atoms with van der Waals surface area (Å²) in [4.78, 5) is 19.2. The summed E-state index contributed by atoms with van der Waals surface area (Å²) in [5, 5.41) is 11.9. The maximum Gasteiger partial charge on any atom is 0.251 e. The van der Waals surface area contributed by atoms with Crippen LogP contribution in [0.2, 0.25) is 0 Å². The SMILES string of the molecule is N#CCc1cccc(C(=O)NCC(c2cccnc2)N2CCCC2)c1. The molecule has 0 saturated carbocycles. The van der Waals surface area contributed by atoms with Gasteiger partial charge in [-0.15, -0.1) is 0 Å². The number of amides is 1. The number of likely N-dealkylation sites (tertiary alicyclic amines) is 1. The van der Waals surface area contributed by atoms with Crippen LogP contribution in [0, 0.1) is 11.3 Å². The monoisotopic (exact) mass is 334 g/mol. The molecular formula is C20H22N4O. The van der Waals surface area contributed by atoms with Crippen molar-refractivity contribution in [2.45, 2.75) is 25.3 Å². The van der Waals surface area contributed by atoms with E-state index in [1.807, 2.05) is 24.4 Å². The summed E-state index contributed by atoms with van der Waals surface area (Å²) >= 11 is 0. The second-order valence-electron chi connectivity index (χ2n) is 6.29. The third-order valence-electron chi connectivity index (χ3n) is 4.58. The summed E-state index contributed by atoms with van der Waals surface area (Å²) in [6.07, 6.45) is 6.35. The second kappa shape index (κ2) is 8.41. The van der Waals surface area contributed by atoms with Gasteiger partial charge in [-0.05, 0) is 55.3 Å². The smallest absolute Gasteiger partial charge is 0.251 e. The van der Waals surface area contributed by atoms with Crippen molar-refractivity contribution in [3.05, 3.63) is 65.5 Å². The fourth-order valence-corrected chi connectivity index (χ4v) is 3.29. The molecule has 1 aliphatic rings. The lowest BCUT2D eigenvalue weighted by Gasteiger charge is -2.28. The quantitative estimate of drug-likeness (QED) is 0.882. The van der Waals surface area contributed by atoms with Crippen LogP contribution in [0.5, 0.6) is 0 Å². The molecule has 3 rings (SSSR count). The van der Waals surface area contributed by atoms with Gasteiger partial charge in [0.2, 0.25) is 0 Å². The standard InChI is InChI=1S/C20H22N4O/c21-9-8-16-5-3-6-17(13-16)20(25)23-15-19(24-11-1-2-12-24)18-7-4-10-22-14-18/h3-7,10,13-14,19H,1-2,8,11-12,15H2,(H,23,25). The van der Waals surface area contributed by atoms with Gasteiger partial charge in [0.1, 0.15) is 0 Å². The third-order valence-corrected chi connectivity index (χ3v) is 4.58. The minimum atomic E-state index is -0.104. The van der Waals surface area contributed by atoms with Crippen LogP contribution in [0.1, 0.15) is 40.4 Å². The Kier molecular flexibility index (Phi) is 5.76. The number of nitrogens with one attached hydrogen (secondary N) is 1. The van der Waals surface area contributed by atoms with Gasteiger partial charge in [0.05, 0.1) is 18.5 Å². The van der Waals surface area contributed by atoms with E-state index in [1.54, 1.807) is 18.3 Å². The molecule has 0 bridgehead atoms. The number of pyridine rings is 1. The average Bonchev–Trinajstić information content (AvgIpc) is 3.18. The first kappa shape index (κ1) is 17.1. The van der Waals surface area contributed by atoms with Crippen molar-refractivity contribution in [1.82, 2.24) is 15.2 Å². The Morgan fingerprint density at radius 1 is 1.28 bits per heavy atom. The first-order valence-electron chi connectivity index (χ1n) is 8.66. The van der Waals surface area contributed by atoms with Gasteiger partial charge in [-0.2, -0.15) is 5.26 Å². The minimum absolute atomic E-state index is 0.104. The van der Waals surface area contributed by atoms with E-state index in [-0.39, 0.29) is 11.9 Å². The van der Waals surface area contributed by atoms with Crippen molar-refractivity contribution in [1.29, 1.82) is 5.26 Å². The molecular weight excluding hydrogens is 312 g/mol. The molecule has 1 saturated heterocycles. The van der Waals surface area contributed by atoms with Crippen LogP contribution < -0.4 is 5.32 Å². The number of nitrogens with zero attached hydrogens (tertiary/aromatic N) is 3. The van der Waals surface area contributed by atoms with Crippen molar-refractivity contribution >= 4 is 5.91 Å². The molecule has 2 aromatic rings. The van der Waals surface area contributed by atoms with Gasteiger partial charge in [0.15, 0.2) is 0 Å². The van der Waals surface area contributed by atoms with E-state index in [2.05, 4.69) is 27.3 Å². The Labute approximate surface area is 148 Å². The summed E-state index contributed by atoms with van der Waals surface area (Å²) < 4.78 is 0. The molecule has 1 unspecified atom stereocenters. The predicted molar refractivity (Wildman–Crippen MR) is 95.9 cm³/mol. The molecule has 1 aromatic heterocycles. The Balaban J connectivity index is 1.69. The lowest BCUT2D eigenvalue weighted by Crippen LogP contribution is -2.36. The second-order valence-corrected chi connectivity index (χ2v) is 6.29. The Morgan fingerprint density at radius 2 is 2.12 bits per heavy atom. The molecule has 1 atom stereocenters. The molecule has 1 fully saturated rings. The van der Waals surface area contributed by atoms with E-state index in [0.717, 1.165) is 24.2 Å². The molecule has 128 valence electrons. The molecule has 5 nitrogen and oxygen atoms in total. The van der Waals surface area contributed by atoms with Crippen LogP contribution in [0.15, 0.2) is 48.8 Å². The molecule has 0 radical (unpaired) electrons. The largest absolute Gasteiger partial charge is 0.350 e. The summed E-state index contributed by atoms with van der Waals surface area (Å²) in [5.41, 5.74) is 2.58. The molecule has 1 amide bonds. The predicted octanol–water partition coefficient (Wildman–Crippen LogP) is 2.71. The summed E-state index contributed by atoms with van der Waals surface area (Å²) in [6, 6.07) is 13.5. The van der Waals surface area contributed by atoms with Crippen molar-refractivity contribution in [3.8, 4) is 6.07 Å². The highest BCUT2D eigenvalue weighted by Gasteiger charge is 2.24. The van der Waals surface area contributed by atoms with Gasteiger partial charge >= 0.3 is 0 Å². The molecule has 1 aromatic carbocycles. The molecule has 5 heteroatoms. The number of hydrogen-bond donors (Lipinski definition) is 1. The fourth-order valence-electron chi connectivity index (χ4n) is 3.29. The molecule has 25 heavy (non-hydrogen) atoms. The third kappa shape index (κ3) is 4.43. The van der Waals surface area contributed by atoms with E-state index < -0.39 is 0 Å². The highest BCUT2D eigenvalue weighted by Crippen LogP contribution is 2.24. The van der Waals surface area contributed by atoms with Crippen LogP contribution >= 0.6 is 0 Å². The van der Waals surface area contributed by atoms with E-state index in [0.29, 0.717) is 18.5 Å². The maximum atomic E-state index is 12.5. The maximum absolute atomic E-state index is 12.5. The fraction of sp³-hybridized carbons (Fsp3) is 0.350. The molecule has 0 aliphatic carbocycles. The summed E-state index contributed by atoms with van der Waals surface area (Å²) in [6.45, 7) is 2.65. The molecule has 1 aliphatic heterocycles.